The molecular weight excluding hydrogens is 219 g/mol. The van der Waals surface area contributed by atoms with E-state index in [-0.39, 0.29) is 5.82 Å². The Hall–Kier alpha value is -0.600. The third kappa shape index (κ3) is 2.07. The van der Waals surface area contributed by atoms with E-state index in [1.54, 1.807) is 17.4 Å². The van der Waals surface area contributed by atoms with Gasteiger partial charge in [-0.2, -0.15) is 0 Å². The quantitative estimate of drug-likeness (QED) is 0.596. The van der Waals surface area contributed by atoms with Crippen molar-refractivity contribution in [3.05, 3.63) is 33.9 Å². The first kappa shape index (κ1) is 11.5. The Morgan fingerprint density at radius 2 is 1.93 bits per heavy atom. The molecule has 0 nitrogen and oxygen atoms in total. The molecule has 0 aliphatic rings. The maximum Gasteiger partial charge on any atom is 0.123 e. The van der Waals surface area contributed by atoms with E-state index in [0.29, 0.717) is 5.02 Å². The first-order valence-electron chi connectivity index (χ1n) is 4.52. The van der Waals surface area contributed by atoms with Crippen LogP contribution in [-0.4, -0.2) is 0 Å². The zero-order chi connectivity index (χ0) is 10.7. The Labute approximate surface area is 92.3 Å². The summed E-state index contributed by atoms with van der Waals surface area (Å²) >= 11 is 7.55. The first-order valence-corrected chi connectivity index (χ1v) is 5.72. The van der Waals surface area contributed by atoms with Gasteiger partial charge in [-0.3, -0.25) is 0 Å². The minimum Gasteiger partial charge on any atom is -0.207 e. The molecule has 0 fully saturated rings. The van der Waals surface area contributed by atoms with Gasteiger partial charge in [0.15, 0.2) is 0 Å². The molecule has 76 valence electrons. The summed E-state index contributed by atoms with van der Waals surface area (Å²) in [6, 6.07) is 4.68. The lowest BCUT2D eigenvalue weighted by molar-refractivity contribution is 0.630. The van der Waals surface area contributed by atoms with E-state index in [1.165, 1.54) is 12.1 Å². The lowest BCUT2D eigenvalue weighted by Gasteiger charge is -1.89. The van der Waals surface area contributed by atoms with E-state index < -0.39 is 0 Å². The van der Waals surface area contributed by atoms with E-state index in [1.807, 2.05) is 20.8 Å². The summed E-state index contributed by atoms with van der Waals surface area (Å²) < 4.78 is 13.8. The molecule has 0 saturated carbocycles. The molecule has 0 unspecified atom stereocenters. The van der Waals surface area contributed by atoms with E-state index in [2.05, 4.69) is 0 Å². The molecule has 1 heterocycles. The molecule has 0 spiro atoms. The second kappa shape index (κ2) is 4.76. The topological polar surface area (TPSA) is 0 Å². The van der Waals surface area contributed by atoms with Crippen molar-refractivity contribution in [3.63, 3.8) is 0 Å². The van der Waals surface area contributed by atoms with Gasteiger partial charge >= 0.3 is 0 Å². The molecule has 0 amide bonds. The van der Waals surface area contributed by atoms with Crippen molar-refractivity contribution in [2.75, 3.05) is 0 Å². The average molecular weight is 231 g/mol. The Bertz CT molecular complexity index is 434. The molecule has 0 radical (unpaired) electrons. The highest BCUT2D eigenvalue weighted by atomic mass is 35.5. The van der Waals surface area contributed by atoms with Gasteiger partial charge in [-0.1, -0.05) is 25.4 Å². The van der Waals surface area contributed by atoms with E-state index in [9.17, 15) is 4.39 Å². The normalized spacial score (nSPS) is 9.79. The highest BCUT2D eigenvalue weighted by molar-refractivity contribution is 7.19. The minimum atomic E-state index is -0.234. The summed E-state index contributed by atoms with van der Waals surface area (Å²) in [5.74, 6) is -0.234. The second-order valence-electron chi connectivity index (χ2n) is 2.61. The molecule has 0 saturated heterocycles. The largest absolute Gasteiger partial charge is 0.207 e. The molecule has 1 aromatic heterocycles. The fourth-order valence-corrected chi connectivity index (χ4v) is 2.43. The van der Waals surface area contributed by atoms with Crippen molar-refractivity contribution in [2.45, 2.75) is 20.8 Å². The van der Waals surface area contributed by atoms with Gasteiger partial charge in [-0.15, -0.1) is 11.3 Å². The van der Waals surface area contributed by atoms with Crippen LogP contribution in [0.3, 0.4) is 0 Å². The van der Waals surface area contributed by atoms with Crippen LogP contribution in [-0.2, 0) is 0 Å². The van der Waals surface area contributed by atoms with Crippen molar-refractivity contribution in [3.8, 4) is 0 Å². The summed E-state index contributed by atoms with van der Waals surface area (Å²) in [7, 11) is 0. The van der Waals surface area contributed by atoms with Gasteiger partial charge in [0.2, 0.25) is 0 Å². The van der Waals surface area contributed by atoms with Crippen LogP contribution >= 0.6 is 22.9 Å². The average Bonchev–Trinajstić information content (AvgIpc) is 2.48. The van der Waals surface area contributed by atoms with Crippen LogP contribution in [0.25, 0.3) is 10.1 Å². The van der Waals surface area contributed by atoms with Crippen LogP contribution in [0.1, 0.15) is 18.7 Å². The standard InChI is InChI=1S/C9H6ClFS.C2H6/c1-5-9(10)7-4-6(11)2-3-8(7)12-5;1-2/h2-4H,1H3;1-2H3. The summed E-state index contributed by atoms with van der Waals surface area (Å²) in [5.41, 5.74) is 0. The number of hydrogen-bond donors (Lipinski definition) is 0. The smallest absolute Gasteiger partial charge is 0.123 e. The second-order valence-corrected chi connectivity index (χ2v) is 4.25. The fraction of sp³-hybridized carbons (Fsp3) is 0.273. The molecule has 0 atom stereocenters. The Balaban J connectivity index is 0.000000461. The van der Waals surface area contributed by atoms with Crippen molar-refractivity contribution in [1.29, 1.82) is 0 Å². The molecule has 0 aliphatic carbocycles. The zero-order valence-electron chi connectivity index (χ0n) is 8.40. The number of rotatable bonds is 0. The van der Waals surface area contributed by atoms with E-state index >= 15 is 0 Å². The van der Waals surface area contributed by atoms with Gasteiger partial charge in [-0.05, 0) is 25.1 Å². The van der Waals surface area contributed by atoms with Crippen LogP contribution in [0.4, 0.5) is 4.39 Å². The van der Waals surface area contributed by atoms with Crippen molar-refractivity contribution in [2.24, 2.45) is 0 Å². The summed E-state index contributed by atoms with van der Waals surface area (Å²) in [4.78, 5) is 1.04. The molecule has 0 aliphatic heterocycles. The van der Waals surface area contributed by atoms with Gasteiger partial charge in [0.1, 0.15) is 5.82 Å². The molecule has 3 heteroatoms. The summed E-state index contributed by atoms with van der Waals surface area (Å²) in [6.07, 6.45) is 0. The zero-order valence-corrected chi connectivity index (χ0v) is 9.97. The first-order chi connectivity index (χ1) is 6.68. The number of halogens is 2. The van der Waals surface area contributed by atoms with Crippen molar-refractivity contribution < 1.29 is 4.39 Å². The lowest BCUT2D eigenvalue weighted by Crippen LogP contribution is -1.70. The third-order valence-electron chi connectivity index (χ3n) is 1.75. The molecule has 2 aromatic rings. The number of thiophene rings is 1. The van der Waals surface area contributed by atoms with Gasteiger partial charge in [0.25, 0.3) is 0 Å². The Kier molecular flexibility index (Phi) is 3.90. The van der Waals surface area contributed by atoms with Gasteiger partial charge in [0, 0.05) is 15.0 Å². The summed E-state index contributed by atoms with van der Waals surface area (Å²) in [6.45, 7) is 5.94. The van der Waals surface area contributed by atoms with Crippen LogP contribution in [0.5, 0.6) is 0 Å². The van der Waals surface area contributed by atoms with Crippen molar-refractivity contribution >= 4 is 33.0 Å². The van der Waals surface area contributed by atoms with Gasteiger partial charge in [0.05, 0.1) is 5.02 Å². The third-order valence-corrected chi connectivity index (χ3v) is 3.44. The highest BCUT2D eigenvalue weighted by Gasteiger charge is 2.06. The van der Waals surface area contributed by atoms with Gasteiger partial charge in [-0.25, -0.2) is 4.39 Å². The molecule has 2 rings (SSSR count). The van der Waals surface area contributed by atoms with Crippen LogP contribution in [0.15, 0.2) is 18.2 Å². The molecule has 14 heavy (non-hydrogen) atoms. The van der Waals surface area contributed by atoms with Crippen LogP contribution in [0, 0.1) is 12.7 Å². The van der Waals surface area contributed by atoms with E-state index in [0.717, 1.165) is 15.0 Å². The molecule has 0 N–H and O–H groups in total. The van der Waals surface area contributed by atoms with E-state index in [4.69, 9.17) is 11.6 Å². The molecule has 1 aromatic carbocycles. The summed E-state index contributed by atoms with van der Waals surface area (Å²) in [5, 5.41) is 1.49. The van der Waals surface area contributed by atoms with Gasteiger partial charge < -0.3 is 0 Å². The predicted molar refractivity (Wildman–Crippen MR) is 62.9 cm³/mol. The van der Waals surface area contributed by atoms with Crippen molar-refractivity contribution in [1.82, 2.24) is 0 Å². The predicted octanol–water partition coefficient (Wildman–Crippen LogP) is 5.03. The highest BCUT2D eigenvalue weighted by Crippen LogP contribution is 2.34. The maximum absolute atomic E-state index is 12.8. The number of fused-ring (bicyclic) bond motifs is 1. The molecular formula is C11H12ClFS. The fourth-order valence-electron chi connectivity index (χ4n) is 1.16. The Morgan fingerprint density at radius 1 is 1.29 bits per heavy atom. The van der Waals surface area contributed by atoms with Crippen LogP contribution < -0.4 is 0 Å². The minimum absolute atomic E-state index is 0.234. The number of hydrogen-bond acceptors (Lipinski definition) is 1. The maximum atomic E-state index is 12.8. The monoisotopic (exact) mass is 230 g/mol. The Morgan fingerprint density at radius 3 is 2.57 bits per heavy atom. The number of benzene rings is 1. The SMILES string of the molecule is CC.Cc1sc2ccc(F)cc2c1Cl. The molecule has 0 bridgehead atoms. The van der Waals surface area contributed by atoms with Crippen LogP contribution in [0.2, 0.25) is 5.02 Å². The number of aryl methyl sites for hydroxylation is 1. The lowest BCUT2D eigenvalue weighted by atomic mass is 10.2.